The lowest BCUT2D eigenvalue weighted by molar-refractivity contribution is -0.141. The van der Waals surface area contributed by atoms with Crippen molar-refractivity contribution in [3.63, 3.8) is 0 Å². The maximum absolute atomic E-state index is 12.5. The lowest BCUT2D eigenvalue weighted by atomic mass is 9.99. The summed E-state index contributed by atoms with van der Waals surface area (Å²) in [6.07, 6.45) is 0.937. The summed E-state index contributed by atoms with van der Waals surface area (Å²) in [7, 11) is 1.33. The van der Waals surface area contributed by atoms with E-state index in [-0.39, 0.29) is 24.2 Å². The van der Waals surface area contributed by atoms with Gasteiger partial charge in [-0.25, -0.2) is 0 Å². The fourth-order valence-electron chi connectivity index (χ4n) is 1.86. The molecule has 20 heavy (non-hydrogen) atoms. The highest BCUT2D eigenvalue weighted by atomic mass is 16.5. The fourth-order valence-corrected chi connectivity index (χ4v) is 1.86. The van der Waals surface area contributed by atoms with Crippen molar-refractivity contribution < 1.29 is 14.3 Å². The molecule has 0 radical (unpaired) electrons. The summed E-state index contributed by atoms with van der Waals surface area (Å²) >= 11 is 0. The number of rotatable bonds is 7. The minimum Gasteiger partial charge on any atom is -0.469 e. The SMILES string of the molecule is CCC(C)NC(CC(=O)OC)C(=O)c1ccc(C)cc1. The van der Waals surface area contributed by atoms with Gasteiger partial charge in [-0.2, -0.15) is 0 Å². The third kappa shape index (κ3) is 4.78. The normalized spacial score (nSPS) is 13.6. The number of hydrogen-bond donors (Lipinski definition) is 1. The first kappa shape index (κ1) is 16.4. The Balaban J connectivity index is 2.87. The van der Waals surface area contributed by atoms with E-state index in [2.05, 4.69) is 10.1 Å². The summed E-state index contributed by atoms with van der Waals surface area (Å²) < 4.78 is 4.67. The van der Waals surface area contributed by atoms with Crippen molar-refractivity contribution in [1.82, 2.24) is 5.32 Å². The molecule has 1 aromatic carbocycles. The number of hydrogen-bond acceptors (Lipinski definition) is 4. The van der Waals surface area contributed by atoms with Gasteiger partial charge in [0.15, 0.2) is 5.78 Å². The van der Waals surface area contributed by atoms with E-state index in [1.807, 2.05) is 32.9 Å². The average molecular weight is 277 g/mol. The van der Waals surface area contributed by atoms with Gasteiger partial charge in [0.2, 0.25) is 0 Å². The highest BCUT2D eigenvalue weighted by molar-refractivity contribution is 6.01. The Labute approximate surface area is 120 Å². The molecule has 1 aromatic rings. The number of ether oxygens (including phenoxy) is 1. The molecule has 0 aliphatic rings. The summed E-state index contributed by atoms with van der Waals surface area (Å²) in [4.78, 5) is 24.0. The molecule has 4 nitrogen and oxygen atoms in total. The Kier molecular flexibility index (Phi) is 6.39. The molecule has 0 saturated heterocycles. The van der Waals surface area contributed by atoms with Gasteiger partial charge in [0.1, 0.15) is 0 Å². The zero-order chi connectivity index (χ0) is 15.1. The minimum atomic E-state index is -0.542. The summed E-state index contributed by atoms with van der Waals surface area (Å²) in [6, 6.07) is 7.00. The molecular weight excluding hydrogens is 254 g/mol. The van der Waals surface area contributed by atoms with Crippen LogP contribution in [0.5, 0.6) is 0 Å². The van der Waals surface area contributed by atoms with Crippen molar-refractivity contribution in [2.75, 3.05) is 7.11 Å². The standard InChI is InChI=1S/C16H23NO3/c1-5-12(3)17-14(10-15(18)20-4)16(19)13-8-6-11(2)7-9-13/h6-9,12,14,17H,5,10H2,1-4H3. The minimum absolute atomic E-state index is 0.0492. The van der Waals surface area contributed by atoms with Crippen LogP contribution in [0.25, 0.3) is 0 Å². The predicted octanol–water partition coefficient (Wildman–Crippen LogP) is 2.50. The van der Waals surface area contributed by atoms with Crippen LogP contribution in [-0.2, 0) is 9.53 Å². The Morgan fingerprint density at radius 2 is 1.85 bits per heavy atom. The van der Waals surface area contributed by atoms with Crippen LogP contribution in [0.15, 0.2) is 24.3 Å². The molecule has 0 amide bonds. The van der Waals surface area contributed by atoms with Gasteiger partial charge < -0.3 is 10.1 Å². The number of ketones is 1. The van der Waals surface area contributed by atoms with E-state index in [1.54, 1.807) is 12.1 Å². The molecule has 0 bridgehead atoms. The molecule has 1 rings (SSSR count). The summed E-state index contributed by atoms with van der Waals surface area (Å²) in [6.45, 7) is 5.99. The lowest BCUT2D eigenvalue weighted by Crippen LogP contribution is -2.43. The second-order valence-electron chi connectivity index (χ2n) is 5.04. The smallest absolute Gasteiger partial charge is 0.307 e. The number of aryl methyl sites for hydroxylation is 1. The van der Waals surface area contributed by atoms with E-state index in [0.29, 0.717) is 5.56 Å². The maximum atomic E-state index is 12.5. The highest BCUT2D eigenvalue weighted by Gasteiger charge is 2.24. The van der Waals surface area contributed by atoms with Crippen LogP contribution < -0.4 is 5.32 Å². The van der Waals surface area contributed by atoms with Crippen molar-refractivity contribution in [2.24, 2.45) is 0 Å². The first-order chi connectivity index (χ1) is 9.47. The number of benzene rings is 1. The van der Waals surface area contributed by atoms with Gasteiger partial charge in [0, 0.05) is 11.6 Å². The van der Waals surface area contributed by atoms with Gasteiger partial charge >= 0.3 is 5.97 Å². The molecule has 0 heterocycles. The molecular formula is C16H23NO3. The monoisotopic (exact) mass is 277 g/mol. The quantitative estimate of drug-likeness (QED) is 0.614. The number of carbonyl (C=O) groups excluding carboxylic acids is 2. The highest BCUT2D eigenvalue weighted by Crippen LogP contribution is 2.10. The van der Waals surface area contributed by atoms with Gasteiger partial charge in [-0.1, -0.05) is 36.8 Å². The van der Waals surface area contributed by atoms with Gasteiger partial charge in [-0.3, -0.25) is 9.59 Å². The lowest BCUT2D eigenvalue weighted by Gasteiger charge is -2.21. The number of carbonyl (C=O) groups is 2. The van der Waals surface area contributed by atoms with Crippen LogP contribution in [-0.4, -0.2) is 30.9 Å². The summed E-state index contributed by atoms with van der Waals surface area (Å²) in [5, 5.41) is 3.19. The Bertz CT molecular complexity index is 453. The van der Waals surface area contributed by atoms with E-state index in [1.165, 1.54) is 7.11 Å². The Hall–Kier alpha value is -1.68. The van der Waals surface area contributed by atoms with Crippen molar-refractivity contribution in [1.29, 1.82) is 0 Å². The molecule has 0 aliphatic carbocycles. The summed E-state index contributed by atoms with van der Waals surface area (Å²) in [5.41, 5.74) is 1.71. The zero-order valence-electron chi connectivity index (χ0n) is 12.6. The van der Waals surface area contributed by atoms with E-state index < -0.39 is 6.04 Å². The molecule has 4 heteroatoms. The van der Waals surface area contributed by atoms with Crippen LogP contribution in [0, 0.1) is 6.92 Å². The molecule has 1 N–H and O–H groups in total. The van der Waals surface area contributed by atoms with Crippen LogP contribution >= 0.6 is 0 Å². The Morgan fingerprint density at radius 3 is 2.35 bits per heavy atom. The van der Waals surface area contributed by atoms with Gasteiger partial charge in [-0.15, -0.1) is 0 Å². The number of Topliss-reactive ketones (excluding diaryl/α,β-unsaturated/α-hetero) is 1. The zero-order valence-corrected chi connectivity index (χ0v) is 12.6. The van der Waals surface area contributed by atoms with Crippen molar-refractivity contribution >= 4 is 11.8 Å². The molecule has 0 saturated carbocycles. The molecule has 0 aromatic heterocycles. The van der Waals surface area contributed by atoms with Crippen molar-refractivity contribution in [3.05, 3.63) is 35.4 Å². The van der Waals surface area contributed by atoms with Crippen LogP contribution in [0.1, 0.15) is 42.6 Å². The molecule has 0 spiro atoms. The molecule has 110 valence electrons. The van der Waals surface area contributed by atoms with Crippen LogP contribution in [0.4, 0.5) is 0 Å². The Morgan fingerprint density at radius 1 is 1.25 bits per heavy atom. The van der Waals surface area contributed by atoms with Gasteiger partial charge in [0.05, 0.1) is 19.6 Å². The summed E-state index contributed by atoms with van der Waals surface area (Å²) in [5.74, 6) is -0.457. The van der Waals surface area contributed by atoms with E-state index in [9.17, 15) is 9.59 Å². The first-order valence-electron chi connectivity index (χ1n) is 6.91. The number of methoxy groups -OCH3 is 1. The average Bonchev–Trinajstić information content (AvgIpc) is 2.46. The number of esters is 1. The van der Waals surface area contributed by atoms with Crippen molar-refractivity contribution in [2.45, 2.75) is 45.7 Å². The molecule has 0 fully saturated rings. The third-order valence-corrected chi connectivity index (χ3v) is 3.35. The first-order valence-corrected chi connectivity index (χ1v) is 6.91. The topological polar surface area (TPSA) is 55.4 Å². The third-order valence-electron chi connectivity index (χ3n) is 3.35. The van der Waals surface area contributed by atoms with E-state index in [4.69, 9.17) is 0 Å². The van der Waals surface area contributed by atoms with Crippen LogP contribution in [0.2, 0.25) is 0 Å². The second-order valence-corrected chi connectivity index (χ2v) is 5.04. The fraction of sp³-hybridized carbons (Fsp3) is 0.500. The molecule has 2 atom stereocenters. The molecule has 0 aliphatic heterocycles. The largest absolute Gasteiger partial charge is 0.469 e. The molecule has 2 unspecified atom stereocenters. The second kappa shape index (κ2) is 7.80. The van der Waals surface area contributed by atoms with Crippen LogP contribution in [0.3, 0.4) is 0 Å². The van der Waals surface area contributed by atoms with Gasteiger partial charge in [-0.05, 0) is 20.3 Å². The van der Waals surface area contributed by atoms with Crippen molar-refractivity contribution in [3.8, 4) is 0 Å². The van der Waals surface area contributed by atoms with E-state index in [0.717, 1.165) is 12.0 Å². The van der Waals surface area contributed by atoms with E-state index >= 15 is 0 Å². The number of nitrogens with one attached hydrogen (secondary N) is 1. The maximum Gasteiger partial charge on any atom is 0.307 e. The van der Waals surface area contributed by atoms with Gasteiger partial charge in [0.25, 0.3) is 0 Å². The predicted molar refractivity (Wildman–Crippen MR) is 78.8 cm³/mol.